The van der Waals surface area contributed by atoms with E-state index in [1.165, 1.54) is 11.3 Å². The van der Waals surface area contributed by atoms with E-state index < -0.39 is 0 Å². The van der Waals surface area contributed by atoms with Gasteiger partial charge in [0, 0.05) is 32.6 Å². The molecule has 2 N–H and O–H groups in total. The number of carbonyl (C=O) groups excluding carboxylic acids is 1. The number of hydrogen-bond donors (Lipinski definition) is 2. The summed E-state index contributed by atoms with van der Waals surface area (Å²) in [6.45, 7) is 5.49. The van der Waals surface area contributed by atoms with Gasteiger partial charge in [-0.25, -0.2) is 9.78 Å². The molecule has 0 aliphatic carbocycles. The molecule has 6 heteroatoms. The molecular formula is C17H20N4O2. The van der Waals surface area contributed by atoms with Crippen LogP contribution in [0, 0.1) is 0 Å². The summed E-state index contributed by atoms with van der Waals surface area (Å²) in [4.78, 5) is 22.5. The molecule has 0 spiro atoms. The predicted molar refractivity (Wildman–Crippen MR) is 86.3 cm³/mol. The van der Waals surface area contributed by atoms with Gasteiger partial charge in [0.1, 0.15) is 0 Å². The Balaban J connectivity index is 1.61. The summed E-state index contributed by atoms with van der Waals surface area (Å²) in [5.41, 5.74) is 5.22. The molecule has 120 valence electrons. The number of carbonyl (C=O) groups is 1. The number of nitrogens with zero attached hydrogens (tertiary/aromatic N) is 2. The summed E-state index contributed by atoms with van der Waals surface area (Å²) in [5, 5.41) is 3.35. The number of benzene rings is 1. The number of ether oxygens (including phenoxy) is 1. The van der Waals surface area contributed by atoms with Crippen molar-refractivity contribution in [3.8, 4) is 0 Å². The molecule has 0 atom stereocenters. The Labute approximate surface area is 134 Å². The molecular weight excluding hydrogens is 292 g/mol. The SMILES string of the molecule is CCOC(=O)c1cccc2c1CN(c1nc3c([nH]1)CNCC3)C2. The summed E-state index contributed by atoms with van der Waals surface area (Å²) in [6, 6.07) is 5.84. The van der Waals surface area contributed by atoms with E-state index >= 15 is 0 Å². The van der Waals surface area contributed by atoms with E-state index in [1.807, 2.05) is 19.1 Å². The Morgan fingerprint density at radius 1 is 1.39 bits per heavy atom. The number of H-pyrrole nitrogens is 1. The van der Waals surface area contributed by atoms with Gasteiger partial charge in [0.25, 0.3) is 0 Å². The highest BCUT2D eigenvalue weighted by molar-refractivity contribution is 5.92. The number of hydrogen-bond acceptors (Lipinski definition) is 5. The van der Waals surface area contributed by atoms with Crippen molar-refractivity contribution in [1.29, 1.82) is 0 Å². The molecule has 0 saturated carbocycles. The molecule has 6 nitrogen and oxygen atoms in total. The number of imidazole rings is 1. The first-order valence-electron chi connectivity index (χ1n) is 8.07. The van der Waals surface area contributed by atoms with Crippen molar-refractivity contribution in [2.45, 2.75) is 33.0 Å². The number of anilines is 1. The minimum absolute atomic E-state index is 0.242. The fraction of sp³-hybridized carbons (Fsp3) is 0.412. The molecule has 23 heavy (non-hydrogen) atoms. The van der Waals surface area contributed by atoms with E-state index in [2.05, 4.69) is 21.3 Å². The van der Waals surface area contributed by atoms with Gasteiger partial charge in [0.15, 0.2) is 0 Å². The average Bonchev–Trinajstić information content (AvgIpc) is 3.18. The van der Waals surface area contributed by atoms with Crippen LogP contribution in [0.1, 0.15) is 39.8 Å². The molecule has 4 rings (SSSR count). The van der Waals surface area contributed by atoms with Crippen molar-refractivity contribution in [2.24, 2.45) is 0 Å². The Kier molecular flexibility index (Phi) is 3.53. The van der Waals surface area contributed by atoms with Gasteiger partial charge in [-0.15, -0.1) is 0 Å². The van der Waals surface area contributed by atoms with E-state index in [0.29, 0.717) is 18.7 Å². The van der Waals surface area contributed by atoms with E-state index in [1.54, 1.807) is 0 Å². The van der Waals surface area contributed by atoms with E-state index in [4.69, 9.17) is 9.72 Å². The molecule has 2 aliphatic heterocycles. The first kappa shape index (κ1) is 14.3. The summed E-state index contributed by atoms with van der Waals surface area (Å²) in [7, 11) is 0. The molecule has 0 bridgehead atoms. The average molecular weight is 312 g/mol. The lowest BCUT2D eigenvalue weighted by Gasteiger charge is -2.13. The molecule has 1 aromatic carbocycles. The fourth-order valence-electron chi connectivity index (χ4n) is 3.33. The second-order valence-electron chi connectivity index (χ2n) is 5.93. The minimum atomic E-state index is -0.242. The second-order valence-corrected chi connectivity index (χ2v) is 5.93. The van der Waals surface area contributed by atoms with Gasteiger partial charge in [0.05, 0.1) is 23.6 Å². The standard InChI is InChI=1S/C17H20N4O2/c1-2-23-16(22)12-5-3-4-11-9-21(10-13(11)12)17-19-14-6-7-18-8-15(14)20-17/h3-5,18H,2,6-10H2,1H3,(H,19,20). The van der Waals surface area contributed by atoms with Crippen LogP contribution >= 0.6 is 0 Å². The Hall–Kier alpha value is -2.34. The van der Waals surface area contributed by atoms with Gasteiger partial charge in [-0.05, 0) is 24.1 Å². The largest absolute Gasteiger partial charge is 0.462 e. The molecule has 1 aromatic heterocycles. The summed E-state index contributed by atoms with van der Waals surface area (Å²) >= 11 is 0. The zero-order chi connectivity index (χ0) is 15.8. The van der Waals surface area contributed by atoms with Crippen LogP contribution in [0.2, 0.25) is 0 Å². The van der Waals surface area contributed by atoms with Crippen LogP contribution in [-0.2, 0) is 30.8 Å². The molecule has 3 heterocycles. The Bertz CT molecular complexity index is 730. The van der Waals surface area contributed by atoms with Crippen molar-refractivity contribution >= 4 is 11.9 Å². The van der Waals surface area contributed by atoms with Gasteiger partial charge in [-0.2, -0.15) is 0 Å². The molecule has 0 unspecified atom stereocenters. The maximum atomic E-state index is 12.1. The summed E-state index contributed by atoms with van der Waals surface area (Å²) in [5.74, 6) is 0.652. The van der Waals surface area contributed by atoms with Gasteiger partial charge >= 0.3 is 5.97 Å². The van der Waals surface area contributed by atoms with Crippen LogP contribution in [0.25, 0.3) is 0 Å². The minimum Gasteiger partial charge on any atom is -0.462 e. The molecule has 0 saturated heterocycles. The summed E-state index contributed by atoms with van der Waals surface area (Å²) < 4.78 is 5.17. The van der Waals surface area contributed by atoms with Crippen molar-refractivity contribution in [3.63, 3.8) is 0 Å². The second kappa shape index (κ2) is 5.70. The monoisotopic (exact) mass is 312 g/mol. The lowest BCUT2D eigenvalue weighted by Crippen LogP contribution is -2.23. The van der Waals surface area contributed by atoms with Crippen molar-refractivity contribution in [3.05, 3.63) is 46.3 Å². The maximum Gasteiger partial charge on any atom is 0.338 e. The van der Waals surface area contributed by atoms with Crippen LogP contribution in [-0.4, -0.2) is 29.1 Å². The fourth-order valence-corrected chi connectivity index (χ4v) is 3.33. The van der Waals surface area contributed by atoms with Crippen LogP contribution in [0.3, 0.4) is 0 Å². The third-order valence-electron chi connectivity index (χ3n) is 4.47. The number of nitrogens with one attached hydrogen (secondary N) is 2. The quantitative estimate of drug-likeness (QED) is 0.845. The first-order chi connectivity index (χ1) is 11.3. The van der Waals surface area contributed by atoms with Crippen LogP contribution < -0.4 is 10.2 Å². The number of esters is 1. The normalized spacial score (nSPS) is 16.1. The Morgan fingerprint density at radius 2 is 2.30 bits per heavy atom. The van der Waals surface area contributed by atoms with Crippen LogP contribution in [0.4, 0.5) is 5.95 Å². The number of aromatic nitrogens is 2. The highest BCUT2D eigenvalue weighted by Gasteiger charge is 2.27. The third kappa shape index (κ3) is 2.49. The van der Waals surface area contributed by atoms with Crippen molar-refractivity contribution in [2.75, 3.05) is 18.1 Å². The van der Waals surface area contributed by atoms with E-state index in [-0.39, 0.29) is 5.97 Å². The van der Waals surface area contributed by atoms with Gasteiger partial charge in [0.2, 0.25) is 5.95 Å². The predicted octanol–water partition coefficient (Wildman–Crippen LogP) is 1.75. The highest BCUT2D eigenvalue weighted by atomic mass is 16.5. The van der Waals surface area contributed by atoms with Crippen LogP contribution in [0.15, 0.2) is 18.2 Å². The zero-order valence-corrected chi connectivity index (χ0v) is 13.2. The summed E-state index contributed by atoms with van der Waals surface area (Å²) in [6.07, 6.45) is 0.959. The molecule has 2 aromatic rings. The smallest absolute Gasteiger partial charge is 0.338 e. The van der Waals surface area contributed by atoms with E-state index in [0.717, 1.165) is 43.3 Å². The molecule has 2 aliphatic rings. The van der Waals surface area contributed by atoms with Crippen molar-refractivity contribution in [1.82, 2.24) is 15.3 Å². The van der Waals surface area contributed by atoms with Gasteiger partial charge in [-0.1, -0.05) is 12.1 Å². The van der Waals surface area contributed by atoms with Gasteiger partial charge in [-0.3, -0.25) is 0 Å². The number of rotatable bonds is 3. The van der Waals surface area contributed by atoms with Gasteiger partial charge < -0.3 is 19.9 Å². The lowest BCUT2D eigenvalue weighted by atomic mass is 10.0. The molecule has 0 fully saturated rings. The Morgan fingerprint density at radius 3 is 3.13 bits per heavy atom. The third-order valence-corrected chi connectivity index (χ3v) is 4.47. The van der Waals surface area contributed by atoms with Crippen molar-refractivity contribution < 1.29 is 9.53 Å². The molecule has 0 radical (unpaired) electrons. The highest BCUT2D eigenvalue weighted by Crippen LogP contribution is 2.30. The molecule has 0 amide bonds. The van der Waals surface area contributed by atoms with E-state index in [9.17, 15) is 4.79 Å². The number of fused-ring (bicyclic) bond motifs is 2. The zero-order valence-electron chi connectivity index (χ0n) is 13.2. The van der Waals surface area contributed by atoms with Crippen LogP contribution in [0.5, 0.6) is 0 Å². The lowest BCUT2D eigenvalue weighted by molar-refractivity contribution is 0.0525. The number of aromatic amines is 1. The first-order valence-corrected chi connectivity index (χ1v) is 8.07. The topological polar surface area (TPSA) is 70.2 Å². The maximum absolute atomic E-state index is 12.1.